The van der Waals surface area contributed by atoms with Crippen molar-refractivity contribution in [1.29, 1.82) is 0 Å². The zero-order valence-corrected chi connectivity index (χ0v) is 33.1. The molecule has 3 heteroatoms. The zero-order chi connectivity index (χ0) is 40.3. The third-order valence-corrected chi connectivity index (χ3v) is 12.1. The maximum absolute atomic E-state index is 6.47. The molecule has 0 spiro atoms. The van der Waals surface area contributed by atoms with Crippen LogP contribution in [0.2, 0.25) is 0 Å². The Balaban J connectivity index is 1.03. The molecule has 3 nitrogen and oxygen atoms in total. The minimum absolute atomic E-state index is 0.850. The van der Waals surface area contributed by atoms with Gasteiger partial charge < -0.3 is 13.7 Å². The van der Waals surface area contributed by atoms with Crippen molar-refractivity contribution in [3.8, 4) is 44.5 Å². The van der Waals surface area contributed by atoms with E-state index in [0.717, 1.165) is 83.2 Å². The fourth-order valence-corrected chi connectivity index (χ4v) is 9.15. The van der Waals surface area contributed by atoms with E-state index in [0.29, 0.717) is 0 Å². The van der Waals surface area contributed by atoms with E-state index in [2.05, 4.69) is 217 Å². The van der Waals surface area contributed by atoms with Crippen LogP contribution in [0.3, 0.4) is 0 Å². The number of hydrogen-bond donors (Lipinski definition) is 0. The Kier molecular flexibility index (Phi) is 8.17. The first kappa shape index (κ1) is 34.9. The van der Waals surface area contributed by atoms with E-state index in [1.165, 1.54) is 33.0 Å². The number of rotatable bonds is 7. The van der Waals surface area contributed by atoms with E-state index in [4.69, 9.17) is 8.83 Å². The van der Waals surface area contributed by atoms with Crippen LogP contribution in [-0.2, 0) is 0 Å². The topological polar surface area (TPSA) is 29.5 Å². The second-order valence-electron chi connectivity index (χ2n) is 15.6. The van der Waals surface area contributed by atoms with Crippen molar-refractivity contribution in [1.82, 2.24) is 0 Å². The molecule has 0 aliphatic heterocycles. The Hall–Kier alpha value is -8.14. The summed E-state index contributed by atoms with van der Waals surface area (Å²) < 4.78 is 12.9. The maximum atomic E-state index is 6.47. The summed E-state index contributed by atoms with van der Waals surface area (Å²) in [5, 5.41) is 6.73. The first-order valence-electron chi connectivity index (χ1n) is 20.7. The number of anilines is 3. The van der Waals surface area contributed by atoms with Crippen LogP contribution in [-0.4, -0.2) is 0 Å². The molecule has 61 heavy (non-hydrogen) atoms. The van der Waals surface area contributed by atoms with E-state index in [1.54, 1.807) is 0 Å². The highest BCUT2D eigenvalue weighted by atomic mass is 16.3. The lowest BCUT2D eigenvalue weighted by molar-refractivity contribution is 0.669. The van der Waals surface area contributed by atoms with E-state index in [9.17, 15) is 0 Å². The molecule has 0 N–H and O–H groups in total. The molecule has 12 rings (SSSR count). The molecule has 0 amide bonds. The predicted molar refractivity (Wildman–Crippen MR) is 255 cm³/mol. The van der Waals surface area contributed by atoms with Gasteiger partial charge in [0.2, 0.25) is 0 Å². The van der Waals surface area contributed by atoms with Crippen LogP contribution in [0.4, 0.5) is 17.1 Å². The van der Waals surface area contributed by atoms with Crippen molar-refractivity contribution in [3.05, 3.63) is 224 Å². The van der Waals surface area contributed by atoms with Crippen molar-refractivity contribution < 1.29 is 8.83 Å². The highest BCUT2D eigenvalue weighted by Crippen LogP contribution is 2.47. The molecule has 0 aliphatic rings. The fraction of sp³-hybridized carbons (Fsp3) is 0. The van der Waals surface area contributed by atoms with Crippen LogP contribution in [0, 0.1) is 0 Å². The van der Waals surface area contributed by atoms with Gasteiger partial charge in [-0.25, -0.2) is 0 Å². The highest BCUT2D eigenvalue weighted by molar-refractivity contribution is 6.15. The molecule has 2 heterocycles. The van der Waals surface area contributed by atoms with Gasteiger partial charge in [0.05, 0.1) is 16.8 Å². The normalized spacial score (nSPS) is 11.6. The van der Waals surface area contributed by atoms with Crippen LogP contribution in [0.5, 0.6) is 0 Å². The van der Waals surface area contributed by atoms with Gasteiger partial charge in [-0.15, -0.1) is 0 Å². The van der Waals surface area contributed by atoms with Gasteiger partial charge in [0.1, 0.15) is 22.3 Å². The Morgan fingerprint density at radius 1 is 0.279 bits per heavy atom. The van der Waals surface area contributed by atoms with Crippen molar-refractivity contribution >= 4 is 71.7 Å². The number of furan rings is 2. The minimum Gasteiger partial charge on any atom is -0.456 e. The third kappa shape index (κ3) is 5.98. The summed E-state index contributed by atoms with van der Waals surface area (Å²) in [7, 11) is 0. The average Bonchev–Trinajstić information content (AvgIpc) is 3.89. The molecule has 12 aromatic rings. The van der Waals surface area contributed by atoms with Crippen LogP contribution < -0.4 is 4.90 Å². The fourth-order valence-electron chi connectivity index (χ4n) is 9.15. The Morgan fingerprint density at radius 2 is 0.869 bits per heavy atom. The number of para-hydroxylation sites is 2. The van der Waals surface area contributed by atoms with Crippen LogP contribution in [0.15, 0.2) is 233 Å². The monoisotopic (exact) mass is 779 g/mol. The first-order valence-corrected chi connectivity index (χ1v) is 20.7. The molecule has 0 saturated heterocycles. The van der Waals surface area contributed by atoms with Crippen LogP contribution in [0.1, 0.15) is 0 Å². The molecule has 0 atom stereocenters. The van der Waals surface area contributed by atoms with Crippen molar-refractivity contribution in [2.24, 2.45) is 0 Å². The largest absolute Gasteiger partial charge is 0.456 e. The minimum atomic E-state index is 0.850. The number of nitrogens with zero attached hydrogens (tertiary/aromatic N) is 1. The SMILES string of the molecule is c1ccc(-c2ccc(-c3ccc(N(c4ccccc4-c4ccc5oc6cc7ccccc7cc6c5c4)c4cccc5oc6ccccc6c45)cc3)cc2-c2ccccc2)cc1. The molecule has 0 fully saturated rings. The van der Waals surface area contributed by atoms with Gasteiger partial charge in [0, 0.05) is 27.4 Å². The lowest BCUT2D eigenvalue weighted by Crippen LogP contribution is -2.11. The molecule has 286 valence electrons. The molecular weight excluding hydrogens is 743 g/mol. The predicted octanol–water partition coefficient (Wildman–Crippen LogP) is 16.8. The highest BCUT2D eigenvalue weighted by Gasteiger charge is 2.23. The molecule has 10 aromatic carbocycles. The van der Waals surface area contributed by atoms with Crippen LogP contribution >= 0.6 is 0 Å². The molecular formula is C58H37NO2. The van der Waals surface area contributed by atoms with Gasteiger partial charge in [0.25, 0.3) is 0 Å². The third-order valence-electron chi connectivity index (χ3n) is 12.1. The van der Waals surface area contributed by atoms with E-state index in [-0.39, 0.29) is 0 Å². The van der Waals surface area contributed by atoms with Gasteiger partial charge in [-0.3, -0.25) is 0 Å². The van der Waals surface area contributed by atoms with Crippen molar-refractivity contribution in [3.63, 3.8) is 0 Å². The lowest BCUT2D eigenvalue weighted by Gasteiger charge is -2.28. The quantitative estimate of drug-likeness (QED) is 0.161. The first-order chi connectivity index (χ1) is 30.2. The molecule has 0 saturated carbocycles. The van der Waals surface area contributed by atoms with Gasteiger partial charge in [-0.2, -0.15) is 0 Å². The maximum Gasteiger partial charge on any atom is 0.137 e. The molecule has 0 unspecified atom stereocenters. The Morgan fingerprint density at radius 3 is 1.69 bits per heavy atom. The molecule has 0 bridgehead atoms. The van der Waals surface area contributed by atoms with Gasteiger partial charge in [0.15, 0.2) is 0 Å². The van der Waals surface area contributed by atoms with E-state index < -0.39 is 0 Å². The number of benzene rings is 10. The summed E-state index contributed by atoms with van der Waals surface area (Å²) in [4.78, 5) is 2.39. The van der Waals surface area contributed by atoms with Gasteiger partial charge >= 0.3 is 0 Å². The smallest absolute Gasteiger partial charge is 0.137 e. The summed E-state index contributed by atoms with van der Waals surface area (Å²) in [6, 6.07) is 80.0. The second-order valence-corrected chi connectivity index (χ2v) is 15.6. The van der Waals surface area contributed by atoms with Gasteiger partial charge in [-0.05, 0) is 116 Å². The summed E-state index contributed by atoms with van der Waals surface area (Å²) in [6.45, 7) is 0. The zero-order valence-electron chi connectivity index (χ0n) is 33.1. The summed E-state index contributed by atoms with van der Waals surface area (Å²) in [6.07, 6.45) is 0. The molecule has 0 radical (unpaired) electrons. The van der Waals surface area contributed by atoms with E-state index in [1.807, 2.05) is 12.1 Å². The summed E-state index contributed by atoms with van der Waals surface area (Å²) >= 11 is 0. The lowest BCUT2D eigenvalue weighted by atomic mass is 9.91. The van der Waals surface area contributed by atoms with Gasteiger partial charge in [-0.1, -0.05) is 158 Å². The standard InChI is InChI=1S/C58H37NO2/c1-3-14-39(15-4-1)46-32-28-43(34-49(46)40-16-5-2-6-17-40)38-26-30-45(31-27-38)59(53-23-13-25-56-58(53)48-21-10-12-24-54(48)60-56)52-22-11-9-20-47(52)44-29-33-55-50(36-44)51-35-41-18-7-8-19-42(41)37-57(51)61-55/h1-37H. The Bertz CT molecular complexity index is 3580. The Labute approximate surface area is 353 Å². The van der Waals surface area contributed by atoms with Crippen molar-refractivity contribution in [2.75, 3.05) is 4.90 Å². The summed E-state index contributed by atoms with van der Waals surface area (Å²) in [5.41, 5.74) is 16.0. The number of hydrogen-bond acceptors (Lipinski definition) is 3. The van der Waals surface area contributed by atoms with E-state index >= 15 is 0 Å². The summed E-state index contributed by atoms with van der Waals surface area (Å²) in [5.74, 6) is 0. The molecule has 2 aromatic heterocycles. The van der Waals surface area contributed by atoms with Crippen LogP contribution in [0.25, 0.3) is 99.2 Å². The average molecular weight is 780 g/mol. The number of fused-ring (bicyclic) bond motifs is 7. The van der Waals surface area contributed by atoms with Crippen molar-refractivity contribution in [2.45, 2.75) is 0 Å². The second kappa shape index (κ2) is 14.3. The molecule has 0 aliphatic carbocycles.